The Morgan fingerprint density at radius 1 is 1.30 bits per heavy atom. The molecule has 0 unspecified atom stereocenters. The van der Waals surface area contributed by atoms with Gasteiger partial charge in [0.1, 0.15) is 0 Å². The van der Waals surface area contributed by atoms with Gasteiger partial charge >= 0.3 is 0 Å². The van der Waals surface area contributed by atoms with E-state index in [1.165, 1.54) is 36.0 Å². The number of hydrogen-bond donors (Lipinski definition) is 0. The largest absolute Gasteiger partial charge is 0.384 e. The monoisotopic (exact) mass is 272 g/mol. The standard InChI is InChI=1S/C17H24N2O/c1-3-19-9-7-16-10-14(4-5-17(16)19)11-18-8-6-15(12-18)13-20-2/h4-5,7,9-10,15H,3,6,8,11-13H2,1-2H3/t15-/m0/s1. The second kappa shape index (κ2) is 5.98. The molecular formula is C17H24N2O. The summed E-state index contributed by atoms with van der Waals surface area (Å²) < 4.78 is 7.56. The molecule has 1 atom stereocenters. The third-order valence-electron chi connectivity index (χ3n) is 4.35. The van der Waals surface area contributed by atoms with Crippen molar-refractivity contribution in [3.05, 3.63) is 36.0 Å². The zero-order chi connectivity index (χ0) is 13.9. The van der Waals surface area contributed by atoms with E-state index in [-0.39, 0.29) is 0 Å². The number of fused-ring (bicyclic) bond motifs is 1. The van der Waals surface area contributed by atoms with E-state index in [0.717, 1.165) is 19.7 Å². The highest BCUT2D eigenvalue weighted by Gasteiger charge is 2.22. The van der Waals surface area contributed by atoms with Crippen molar-refractivity contribution in [1.82, 2.24) is 9.47 Å². The summed E-state index contributed by atoms with van der Waals surface area (Å²) in [7, 11) is 1.80. The smallest absolute Gasteiger partial charge is 0.0503 e. The molecule has 1 aromatic carbocycles. The van der Waals surface area contributed by atoms with Crippen LogP contribution in [0.2, 0.25) is 0 Å². The van der Waals surface area contributed by atoms with Crippen LogP contribution in [0.5, 0.6) is 0 Å². The summed E-state index contributed by atoms with van der Waals surface area (Å²) in [4.78, 5) is 2.54. The van der Waals surface area contributed by atoms with Crippen LogP contribution >= 0.6 is 0 Å². The number of nitrogens with zero attached hydrogens (tertiary/aromatic N) is 2. The molecule has 108 valence electrons. The summed E-state index contributed by atoms with van der Waals surface area (Å²) in [5, 5.41) is 1.36. The zero-order valence-corrected chi connectivity index (χ0v) is 12.5. The second-order valence-electron chi connectivity index (χ2n) is 5.84. The van der Waals surface area contributed by atoms with Gasteiger partial charge in [-0.05, 0) is 55.0 Å². The first-order chi connectivity index (χ1) is 9.80. The molecule has 1 fully saturated rings. The average Bonchev–Trinajstić information content (AvgIpc) is 3.05. The maximum absolute atomic E-state index is 5.27. The summed E-state index contributed by atoms with van der Waals surface area (Å²) in [5.41, 5.74) is 2.76. The van der Waals surface area contributed by atoms with Gasteiger partial charge in [-0.3, -0.25) is 4.90 Å². The van der Waals surface area contributed by atoms with Crippen molar-refractivity contribution in [2.75, 3.05) is 26.8 Å². The van der Waals surface area contributed by atoms with E-state index in [1.807, 2.05) is 0 Å². The number of aromatic nitrogens is 1. The lowest BCUT2D eigenvalue weighted by Gasteiger charge is -2.16. The topological polar surface area (TPSA) is 17.4 Å². The highest BCUT2D eigenvalue weighted by molar-refractivity contribution is 5.80. The maximum atomic E-state index is 5.27. The molecule has 0 amide bonds. The zero-order valence-electron chi connectivity index (χ0n) is 12.5. The third-order valence-corrected chi connectivity index (χ3v) is 4.35. The van der Waals surface area contributed by atoms with Gasteiger partial charge in [-0.2, -0.15) is 0 Å². The fourth-order valence-corrected chi connectivity index (χ4v) is 3.31. The Morgan fingerprint density at radius 3 is 3.00 bits per heavy atom. The Labute approximate surface area is 121 Å². The van der Waals surface area contributed by atoms with Crippen LogP contribution in [0.3, 0.4) is 0 Å². The molecule has 3 nitrogen and oxygen atoms in total. The van der Waals surface area contributed by atoms with Crippen LogP contribution in [0.25, 0.3) is 10.9 Å². The Kier molecular flexibility index (Phi) is 4.08. The predicted molar refractivity (Wildman–Crippen MR) is 82.9 cm³/mol. The summed E-state index contributed by atoms with van der Waals surface area (Å²) in [6, 6.07) is 9.10. The first-order valence-electron chi connectivity index (χ1n) is 7.59. The van der Waals surface area contributed by atoms with Crippen LogP contribution in [0.4, 0.5) is 0 Å². The molecule has 1 aliphatic heterocycles. The number of likely N-dealkylation sites (tertiary alicyclic amines) is 1. The van der Waals surface area contributed by atoms with E-state index >= 15 is 0 Å². The maximum Gasteiger partial charge on any atom is 0.0503 e. The molecule has 0 radical (unpaired) electrons. The van der Waals surface area contributed by atoms with Crippen molar-refractivity contribution in [1.29, 1.82) is 0 Å². The van der Waals surface area contributed by atoms with Gasteiger partial charge in [0.25, 0.3) is 0 Å². The number of methoxy groups -OCH3 is 1. The van der Waals surface area contributed by atoms with Crippen molar-refractivity contribution < 1.29 is 4.74 Å². The van der Waals surface area contributed by atoms with Crippen LogP contribution in [0.15, 0.2) is 30.5 Å². The molecule has 0 spiro atoms. The quantitative estimate of drug-likeness (QED) is 0.832. The van der Waals surface area contributed by atoms with Crippen molar-refractivity contribution in [3.8, 4) is 0 Å². The van der Waals surface area contributed by atoms with E-state index in [0.29, 0.717) is 5.92 Å². The number of hydrogen-bond acceptors (Lipinski definition) is 2. The average molecular weight is 272 g/mol. The molecule has 3 heteroatoms. The number of aryl methyl sites for hydroxylation is 1. The number of benzene rings is 1. The minimum absolute atomic E-state index is 0.713. The van der Waals surface area contributed by atoms with Crippen LogP contribution in [0.1, 0.15) is 18.9 Å². The van der Waals surface area contributed by atoms with Gasteiger partial charge in [0.2, 0.25) is 0 Å². The van der Waals surface area contributed by atoms with Crippen LogP contribution in [-0.4, -0.2) is 36.3 Å². The van der Waals surface area contributed by atoms with E-state index in [4.69, 9.17) is 4.74 Å². The Morgan fingerprint density at radius 2 is 2.20 bits per heavy atom. The second-order valence-corrected chi connectivity index (χ2v) is 5.84. The van der Waals surface area contributed by atoms with Crippen molar-refractivity contribution >= 4 is 10.9 Å². The fraction of sp³-hybridized carbons (Fsp3) is 0.529. The highest BCUT2D eigenvalue weighted by atomic mass is 16.5. The highest BCUT2D eigenvalue weighted by Crippen LogP contribution is 2.22. The third kappa shape index (κ3) is 2.74. The van der Waals surface area contributed by atoms with Crippen molar-refractivity contribution in [2.24, 2.45) is 5.92 Å². The predicted octanol–water partition coefficient (Wildman–Crippen LogP) is 3.13. The first-order valence-corrected chi connectivity index (χ1v) is 7.59. The molecule has 3 rings (SSSR count). The molecular weight excluding hydrogens is 248 g/mol. The van der Waals surface area contributed by atoms with Crippen molar-refractivity contribution in [3.63, 3.8) is 0 Å². The summed E-state index contributed by atoms with van der Waals surface area (Å²) in [6.07, 6.45) is 3.45. The summed E-state index contributed by atoms with van der Waals surface area (Å²) in [6.45, 7) is 7.55. The molecule has 0 saturated carbocycles. The van der Waals surface area contributed by atoms with Gasteiger partial charge < -0.3 is 9.30 Å². The van der Waals surface area contributed by atoms with Gasteiger partial charge in [0.15, 0.2) is 0 Å². The molecule has 1 aromatic heterocycles. The Hall–Kier alpha value is -1.32. The van der Waals surface area contributed by atoms with Crippen LogP contribution in [0, 0.1) is 5.92 Å². The minimum atomic E-state index is 0.713. The van der Waals surface area contributed by atoms with Crippen LogP contribution < -0.4 is 0 Å². The van der Waals surface area contributed by atoms with E-state index in [2.05, 4.69) is 46.9 Å². The molecule has 0 aliphatic carbocycles. The normalized spacial score (nSPS) is 20.0. The lowest BCUT2D eigenvalue weighted by atomic mass is 10.1. The fourth-order valence-electron chi connectivity index (χ4n) is 3.31. The molecule has 20 heavy (non-hydrogen) atoms. The Balaban J connectivity index is 1.69. The molecule has 0 bridgehead atoms. The first kappa shape index (κ1) is 13.7. The molecule has 1 aliphatic rings. The number of rotatable bonds is 5. The summed E-state index contributed by atoms with van der Waals surface area (Å²) >= 11 is 0. The summed E-state index contributed by atoms with van der Waals surface area (Å²) in [5.74, 6) is 0.713. The van der Waals surface area contributed by atoms with Gasteiger partial charge in [0, 0.05) is 38.5 Å². The van der Waals surface area contributed by atoms with E-state index in [9.17, 15) is 0 Å². The van der Waals surface area contributed by atoms with Gasteiger partial charge in [0.05, 0.1) is 6.61 Å². The van der Waals surface area contributed by atoms with E-state index < -0.39 is 0 Å². The van der Waals surface area contributed by atoms with Gasteiger partial charge in [-0.25, -0.2) is 0 Å². The number of ether oxygens (including phenoxy) is 1. The van der Waals surface area contributed by atoms with E-state index in [1.54, 1.807) is 7.11 Å². The molecule has 1 saturated heterocycles. The SMILES string of the molecule is CCn1ccc2cc(CN3CC[C@H](COC)C3)ccc21. The van der Waals surface area contributed by atoms with Crippen molar-refractivity contribution in [2.45, 2.75) is 26.4 Å². The molecule has 2 aromatic rings. The molecule has 2 heterocycles. The van der Waals surface area contributed by atoms with Gasteiger partial charge in [-0.1, -0.05) is 6.07 Å². The lowest BCUT2D eigenvalue weighted by Crippen LogP contribution is -2.21. The lowest BCUT2D eigenvalue weighted by molar-refractivity contribution is 0.152. The molecule has 0 N–H and O–H groups in total. The van der Waals surface area contributed by atoms with Crippen LogP contribution in [-0.2, 0) is 17.8 Å². The minimum Gasteiger partial charge on any atom is -0.384 e. The Bertz CT molecular complexity index is 575. The van der Waals surface area contributed by atoms with Gasteiger partial charge in [-0.15, -0.1) is 0 Å².